The monoisotopic (exact) mass is 778 g/mol. The van der Waals surface area contributed by atoms with Crippen molar-refractivity contribution in [2.24, 2.45) is 11.8 Å². The van der Waals surface area contributed by atoms with Crippen molar-refractivity contribution < 1.29 is 4.57 Å². The van der Waals surface area contributed by atoms with Gasteiger partial charge in [-0.1, -0.05) is 150 Å². The Bertz CT molecular complexity index is 2120. The van der Waals surface area contributed by atoms with Crippen LogP contribution in [0.15, 0.2) is 154 Å². The minimum absolute atomic E-state index is 0.680. The number of nitrogens with zero attached hydrogens (tertiary/aromatic N) is 3. The van der Waals surface area contributed by atoms with E-state index in [4.69, 9.17) is 0 Å². The summed E-state index contributed by atoms with van der Waals surface area (Å²) in [6.45, 7) is 11.5. The standard InChI is InChI=1S/C51H60N3S2/c1-5-9-21-39(7-3)37-52-45-27-17-19-29-47(45)55-49(52)35-33-41-31-32-42(51(41)54(43-23-13-11-14-24-43)44-25-15-12-16-26-44)34-36-50-53(38-40(8-4)22-10-6-2)46-28-18-20-30-48(46)56-50/h11-20,23-30,33-36,39-40H,5-10,21-22,31-32,37-38H2,1-4H3/q+1. The summed E-state index contributed by atoms with van der Waals surface area (Å²) in [5.74, 6) is 1.36. The number of unbranched alkanes of at least 4 members (excludes halogenated alkanes) is 2. The van der Waals surface area contributed by atoms with E-state index in [-0.39, 0.29) is 0 Å². The molecule has 2 atom stereocenters. The maximum absolute atomic E-state index is 2.61. The van der Waals surface area contributed by atoms with E-state index in [1.807, 2.05) is 23.1 Å². The van der Waals surface area contributed by atoms with Crippen molar-refractivity contribution in [1.82, 2.24) is 0 Å². The van der Waals surface area contributed by atoms with Gasteiger partial charge < -0.3 is 9.80 Å². The van der Waals surface area contributed by atoms with Gasteiger partial charge in [0.05, 0.1) is 16.4 Å². The van der Waals surface area contributed by atoms with Crippen LogP contribution in [-0.2, 0) is 6.54 Å². The molecule has 0 spiro atoms. The van der Waals surface area contributed by atoms with Gasteiger partial charge >= 0.3 is 0 Å². The van der Waals surface area contributed by atoms with E-state index in [1.54, 1.807) is 0 Å². The number of benzene rings is 4. The third kappa shape index (κ3) is 9.27. The highest BCUT2D eigenvalue weighted by Gasteiger charge is 2.29. The van der Waals surface area contributed by atoms with E-state index in [0.29, 0.717) is 11.8 Å². The SMILES string of the molecule is CCCCC(CC)CN1C(=CC=C2CCC(C=Cc3sc4ccccc4[n+]3CC(CC)CCCC)=C2N(c2ccccc2)c2ccccc2)Sc2ccccc21. The summed E-state index contributed by atoms with van der Waals surface area (Å²) in [5.41, 5.74) is 9.15. The number of thioether (sulfide) groups is 1. The molecule has 0 fully saturated rings. The van der Waals surface area contributed by atoms with Gasteiger partial charge in [0, 0.05) is 40.9 Å². The summed E-state index contributed by atoms with van der Waals surface area (Å²) in [4.78, 5) is 6.47. The molecule has 5 heteroatoms. The Balaban J connectivity index is 1.32. The Morgan fingerprint density at radius 3 is 2.04 bits per heavy atom. The number of hydrogen-bond acceptors (Lipinski definition) is 4. The van der Waals surface area contributed by atoms with Crippen LogP contribution < -0.4 is 14.4 Å². The summed E-state index contributed by atoms with van der Waals surface area (Å²) in [6, 6.07) is 39.9. The lowest BCUT2D eigenvalue weighted by atomic mass is 9.98. The summed E-state index contributed by atoms with van der Waals surface area (Å²) < 4.78 is 3.97. The molecule has 7 rings (SSSR count). The average Bonchev–Trinajstić information content (AvgIpc) is 3.92. The number of allylic oxidation sites excluding steroid dienone is 5. The fraction of sp³-hybridized carbons (Fsp3) is 0.353. The zero-order valence-corrected chi connectivity index (χ0v) is 35.6. The molecule has 5 aromatic rings. The van der Waals surface area contributed by atoms with E-state index in [2.05, 4.69) is 176 Å². The number of rotatable bonds is 18. The van der Waals surface area contributed by atoms with E-state index in [0.717, 1.165) is 25.9 Å². The van der Waals surface area contributed by atoms with E-state index < -0.39 is 0 Å². The lowest BCUT2D eigenvalue weighted by molar-refractivity contribution is -0.675. The Hall–Kier alpha value is -4.32. The molecule has 2 aliphatic rings. The molecule has 1 aliphatic carbocycles. The molecule has 56 heavy (non-hydrogen) atoms. The summed E-state index contributed by atoms with van der Waals surface area (Å²) in [5, 5.41) is 2.67. The van der Waals surface area contributed by atoms with Gasteiger partial charge in [-0.15, -0.1) is 0 Å². The zero-order valence-electron chi connectivity index (χ0n) is 34.0. The van der Waals surface area contributed by atoms with E-state index >= 15 is 0 Å². The maximum atomic E-state index is 2.61. The first-order chi connectivity index (χ1) is 27.6. The fourth-order valence-corrected chi connectivity index (χ4v) is 10.5. The van der Waals surface area contributed by atoms with Gasteiger partial charge in [0.1, 0.15) is 4.70 Å². The number of hydrogen-bond donors (Lipinski definition) is 0. The van der Waals surface area contributed by atoms with Crippen LogP contribution in [-0.4, -0.2) is 6.54 Å². The van der Waals surface area contributed by atoms with Gasteiger partial charge in [0.25, 0.3) is 5.01 Å². The normalized spacial score (nSPS) is 16.8. The molecule has 0 amide bonds. The van der Waals surface area contributed by atoms with Crippen molar-refractivity contribution in [2.75, 3.05) is 16.3 Å². The van der Waals surface area contributed by atoms with E-state index in [9.17, 15) is 0 Å². The predicted octanol–water partition coefficient (Wildman–Crippen LogP) is 14.9. The third-order valence-corrected chi connectivity index (χ3v) is 13.9. The largest absolute Gasteiger partial charge is 0.335 e. The summed E-state index contributed by atoms with van der Waals surface area (Å²) in [7, 11) is 0. The highest BCUT2D eigenvalue weighted by atomic mass is 32.2. The molecule has 290 valence electrons. The number of para-hydroxylation sites is 4. The maximum Gasteiger partial charge on any atom is 0.262 e. The molecule has 1 aromatic heterocycles. The molecule has 4 aromatic carbocycles. The molecule has 3 nitrogen and oxygen atoms in total. The second kappa shape index (κ2) is 19.7. The fourth-order valence-electron chi connectivity index (χ4n) is 8.31. The van der Waals surface area contributed by atoms with Crippen molar-refractivity contribution in [2.45, 2.75) is 103 Å². The second-order valence-corrected chi connectivity index (χ2v) is 17.6. The lowest BCUT2D eigenvalue weighted by Crippen LogP contribution is -2.38. The minimum Gasteiger partial charge on any atom is -0.335 e. The van der Waals surface area contributed by atoms with Gasteiger partial charge in [-0.25, -0.2) is 0 Å². The smallest absolute Gasteiger partial charge is 0.262 e. The molecule has 2 unspecified atom stereocenters. The number of fused-ring (bicyclic) bond motifs is 2. The molecule has 0 N–H and O–H groups in total. The first-order valence-electron chi connectivity index (χ1n) is 21.3. The molecule has 0 radical (unpaired) electrons. The summed E-state index contributed by atoms with van der Waals surface area (Å²) >= 11 is 3.85. The molecule has 0 saturated heterocycles. The van der Waals surface area contributed by atoms with Gasteiger partial charge in [0.15, 0.2) is 6.54 Å². The Kier molecular flexibility index (Phi) is 14.0. The van der Waals surface area contributed by atoms with Crippen LogP contribution in [0.4, 0.5) is 17.1 Å². The predicted molar refractivity (Wildman–Crippen MR) is 245 cm³/mol. The van der Waals surface area contributed by atoms with Crippen LogP contribution >= 0.6 is 23.1 Å². The van der Waals surface area contributed by atoms with Gasteiger partial charge in [-0.05, 0) is 104 Å². The zero-order chi connectivity index (χ0) is 38.7. The third-order valence-electron chi connectivity index (χ3n) is 11.6. The first-order valence-corrected chi connectivity index (χ1v) is 22.9. The molecular weight excluding hydrogens is 719 g/mol. The van der Waals surface area contributed by atoms with Crippen molar-refractivity contribution in [3.63, 3.8) is 0 Å². The Labute approximate surface area is 345 Å². The van der Waals surface area contributed by atoms with Crippen LogP contribution in [0.5, 0.6) is 0 Å². The Morgan fingerprint density at radius 1 is 0.696 bits per heavy atom. The van der Waals surface area contributed by atoms with Crippen LogP contribution in [0.3, 0.4) is 0 Å². The highest BCUT2D eigenvalue weighted by Crippen LogP contribution is 2.47. The van der Waals surface area contributed by atoms with Crippen LogP contribution in [0, 0.1) is 11.8 Å². The quantitative estimate of drug-likeness (QED) is 0.0821. The lowest BCUT2D eigenvalue weighted by Gasteiger charge is -2.28. The van der Waals surface area contributed by atoms with Crippen LogP contribution in [0.1, 0.15) is 96.9 Å². The average molecular weight is 779 g/mol. The van der Waals surface area contributed by atoms with Crippen LogP contribution in [0.25, 0.3) is 16.3 Å². The molecular formula is C51H60N3S2+. The topological polar surface area (TPSA) is 10.4 Å². The van der Waals surface area contributed by atoms with Crippen molar-refractivity contribution in [1.29, 1.82) is 0 Å². The summed E-state index contributed by atoms with van der Waals surface area (Å²) in [6.07, 6.45) is 21.8. The van der Waals surface area contributed by atoms with Crippen molar-refractivity contribution >= 4 is 56.5 Å². The van der Waals surface area contributed by atoms with Crippen molar-refractivity contribution in [3.05, 3.63) is 154 Å². The molecule has 0 bridgehead atoms. The number of thiazole rings is 1. The van der Waals surface area contributed by atoms with Gasteiger partial charge in [-0.3, -0.25) is 0 Å². The van der Waals surface area contributed by atoms with E-state index in [1.165, 1.54) is 110 Å². The second-order valence-electron chi connectivity index (χ2n) is 15.4. The number of anilines is 3. The molecule has 0 saturated carbocycles. The van der Waals surface area contributed by atoms with Gasteiger partial charge in [0.2, 0.25) is 5.52 Å². The Morgan fingerprint density at radius 2 is 1.34 bits per heavy atom. The molecule has 1 aliphatic heterocycles. The molecule has 2 heterocycles. The van der Waals surface area contributed by atoms with Gasteiger partial charge in [-0.2, -0.15) is 4.57 Å². The first kappa shape index (κ1) is 39.9. The number of aromatic nitrogens is 1. The van der Waals surface area contributed by atoms with Crippen LogP contribution in [0.2, 0.25) is 0 Å². The minimum atomic E-state index is 0.680. The highest BCUT2D eigenvalue weighted by molar-refractivity contribution is 8.03. The van der Waals surface area contributed by atoms with Crippen molar-refractivity contribution in [3.8, 4) is 0 Å².